The zero-order valence-corrected chi connectivity index (χ0v) is 31.9. The molecule has 0 aliphatic rings. The molecule has 0 aliphatic carbocycles. The molecule has 0 rings (SSSR count). The number of rotatable bonds is 35. The molecule has 0 heterocycles. The number of carbonyl (C=O) groups is 1. The molecular formula is C39H73N2O7P. The molecule has 0 aromatic rings. The highest BCUT2D eigenvalue weighted by Gasteiger charge is 2.27. The summed E-state index contributed by atoms with van der Waals surface area (Å²) in [5, 5.41) is 23.9. The standard InChI is InChI=1S/C39H73N2O7P/c1-3-5-7-9-11-13-15-16-17-18-19-21-22-24-26-28-30-36(42)34-39(44)41-37(35-48-49(45,46)47-33-32-40)38(43)31-29-27-25-23-20-14-12-10-8-6-4-2/h8,10,19-21,23,29,31,36-38,42-43H,3-7,9,11-18,22,24-28,30,32-35,40H2,1-2H3,(H,41,44)(H,45,46)/b10-8+,21-19-,23-20+,31-29+. The number of carbonyl (C=O) groups excluding carboxylic acids is 1. The summed E-state index contributed by atoms with van der Waals surface area (Å²) in [5.41, 5.74) is 5.34. The summed E-state index contributed by atoms with van der Waals surface area (Å²) in [6.45, 7) is 3.83. The zero-order chi connectivity index (χ0) is 36.3. The first kappa shape index (κ1) is 47.4. The van der Waals surface area contributed by atoms with Gasteiger partial charge in [0.15, 0.2) is 0 Å². The van der Waals surface area contributed by atoms with E-state index in [0.717, 1.165) is 64.2 Å². The van der Waals surface area contributed by atoms with Crippen molar-refractivity contribution in [1.82, 2.24) is 5.32 Å². The molecule has 49 heavy (non-hydrogen) atoms. The maximum atomic E-state index is 12.7. The van der Waals surface area contributed by atoms with Gasteiger partial charge in [0.05, 0.1) is 37.9 Å². The minimum absolute atomic E-state index is 0.0391. The van der Waals surface area contributed by atoms with E-state index in [-0.39, 0.29) is 19.6 Å². The normalized spacial score (nSPS) is 15.5. The molecule has 0 spiro atoms. The van der Waals surface area contributed by atoms with Gasteiger partial charge in [-0.15, -0.1) is 0 Å². The SMILES string of the molecule is CCC/C=C/CC/C=C/CC/C=C/C(O)C(COP(=O)(O)OCCN)NC(=O)CC(O)CCCCC/C=C\CCCCCCCCCCC. The van der Waals surface area contributed by atoms with E-state index in [2.05, 4.69) is 55.6 Å². The Morgan fingerprint density at radius 1 is 0.694 bits per heavy atom. The van der Waals surface area contributed by atoms with Crippen molar-refractivity contribution in [2.24, 2.45) is 5.73 Å². The first-order chi connectivity index (χ1) is 23.8. The van der Waals surface area contributed by atoms with Crippen LogP contribution in [0.25, 0.3) is 0 Å². The van der Waals surface area contributed by atoms with Crippen LogP contribution in [0.1, 0.15) is 155 Å². The molecule has 0 saturated heterocycles. The van der Waals surface area contributed by atoms with Gasteiger partial charge in [-0.2, -0.15) is 0 Å². The smallest absolute Gasteiger partial charge is 0.393 e. The molecule has 4 atom stereocenters. The van der Waals surface area contributed by atoms with E-state index in [9.17, 15) is 24.5 Å². The summed E-state index contributed by atoms with van der Waals surface area (Å²) in [4.78, 5) is 22.6. The Balaban J connectivity index is 4.44. The van der Waals surface area contributed by atoms with E-state index < -0.39 is 38.6 Å². The van der Waals surface area contributed by atoms with Gasteiger partial charge in [0.2, 0.25) is 5.91 Å². The predicted octanol–water partition coefficient (Wildman–Crippen LogP) is 9.13. The third-order valence-electron chi connectivity index (χ3n) is 8.14. The molecule has 0 saturated carbocycles. The summed E-state index contributed by atoms with van der Waals surface area (Å²) in [6.07, 6.45) is 37.8. The minimum Gasteiger partial charge on any atom is -0.393 e. The lowest BCUT2D eigenvalue weighted by Crippen LogP contribution is -2.46. The summed E-state index contributed by atoms with van der Waals surface area (Å²) in [5.74, 6) is -0.473. The molecule has 4 unspecified atom stereocenters. The average molecular weight is 713 g/mol. The van der Waals surface area contributed by atoms with Gasteiger partial charge in [-0.25, -0.2) is 4.57 Å². The van der Waals surface area contributed by atoms with Crippen LogP contribution in [0.3, 0.4) is 0 Å². The van der Waals surface area contributed by atoms with Crippen LogP contribution in [0.4, 0.5) is 0 Å². The predicted molar refractivity (Wildman–Crippen MR) is 204 cm³/mol. The molecule has 286 valence electrons. The monoisotopic (exact) mass is 713 g/mol. The molecule has 0 bridgehead atoms. The number of hydrogen-bond acceptors (Lipinski definition) is 7. The first-order valence-electron chi connectivity index (χ1n) is 19.3. The molecule has 10 heteroatoms. The van der Waals surface area contributed by atoms with E-state index in [1.54, 1.807) is 12.2 Å². The van der Waals surface area contributed by atoms with Crippen LogP contribution >= 0.6 is 7.82 Å². The molecular weight excluding hydrogens is 639 g/mol. The summed E-state index contributed by atoms with van der Waals surface area (Å²) < 4.78 is 21.9. The highest BCUT2D eigenvalue weighted by atomic mass is 31.2. The Labute approximate surface area is 299 Å². The number of aliphatic hydroxyl groups excluding tert-OH is 2. The van der Waals surface area contributed by atoms with E-state index in [0.29, 0.717) is 12.8 Å². The highest BCUT2D eigenvalue weighted by molar-refractivity contribution is 7.47. The van der Waals surface area contributed by atoms with Gasteiger partial charge in [-0.1, -0.05) is 133 Å². The van der Waals surface area contributed by atoms with Crippen LogP contribution in [-0.4, -0.2) is 59.0 Å². The van der Waals surface area contributed by atoms with Gasteiger partial charge < -0.3 is 26.2 Å². The second kappa shape index (κ2) is 34.9. The fraction of sp³-hybridized carbons (Fsp3) is 0.769. The van der Waals surface area contributed by atoms with E-state index in [1.165, 1.54) is 57.8 Å². The maximum Gasteiger partial charge on any atom is 0.472 e. The Bertz CT molecular complexity index is 925. The van der Waals surface area contributed by atoms with Crippen LogP contribution in [0.5, 0.6) is 0 Å². The van der Waals surface area contributed by atoms with Gasteiger partial charge in [-0.3, -0.25) is 13.8 Å². The molecule has 6 N–H and O–H groups in total. The maximum absolute atomic E-state index is 12.7. The van der Waals surface area contributed by atoms with Crippen molar-refractivity contribution in [2.45, 2.75) is 173 Å². The van der Waals surface area contributed by atoms with Crippen molar-refractivity contribution in [2.75, 3.05) is 19.8 Å². The fourth-order valence-electron chi connectivity index (χ4n) is 5.21. The largest absolute Gasteiger partial charge is 0.472 e. The quantitative estimate of drug-likeness (QED) is 0.0248. The molecule has 0 fully saturated rings. The van der Waals surface area contributed by atoms with Gasteiger partial charge in [0, 0.05) is 6.54 Å². The van der Waals surface area contributed by atoms with Crippen molar-refractivity contribution in [1.29, 1.82) is 0 Å². The number of phosphoric acid groups is 1. The zero-order valence-electron chi connectivity index (χ0n) is 31.0. The highest BCUT2D eigenvalue weighted by Crippen LogP contribution is 2.43. The Morgan fingerprint density at radius 3 is 1.78 bits per heavy atom. The van der Waals surface area contributed by atoms with Gasteiger partial charge >= 0.3 is 7.82 Å². The minimum atomic E-state index is -4.41. The Hall–Kier alpha value is -1.58. The van der Waals surface area contributed by atoms with Gasteiger partial charge in [-0.05, 0) is 64.2 Å². The number of hydrogen-bond donors (Lipinski definition) is 5. The number of unbranched alkanes of at least 4 members (excludes halogenated alkanes) is 15. The molecule has 0 aliphatic heterocycles. The lowest BCUT2D eigenvalue weighted by Gasteiger charge is -2.24. The summed E-state index contributed by atoms with van der Waals surface area (Å²) in [6, 6.07) is -1.01. The third-order valence-corrected chi connectivity index (χ3v) is 9.12. The number of allylic oxidation sites excluding steroid dienone is 7. The fourth-order valence-corrected chi connectivity index (χ4v) is 5.97. The number of phosphoric ester groups is 1. The second-order valence-corrected chi connectivity index (χ2v) is 14.4. The van der Waals surface area contributed by atoms with Crippen molar-refractivity contribution in [3.05, 3.63) is 48.6 Å². The number of aliphatic hydroxyl groups is 2. The third kappa shape index (κ3) is 33.3. The van der Waals surface area contributed by atoms with Crippen molar-refractivity contribution < 1.29 is 33.5 Å². The molecule has 0 radical (unpaired) electrons. The van der Waals surface area contributed by atoms with Crippen LogP contribution in [0, 0.1) is 0 Å². The molecule has 0 aromatic heterocycles. The number of amides is 1. The van der Waals surface area contributed by atoms with E-state index >= 15 is 0 Å². The second-order valence-electron chi connectivity index (χ2n) is 12.9. The summed E-state index contributed by atoms with van der Waals surface area (Å²) >= 11 is 0. The van der Waals surface area contributed by atoms with E-state index in [1.807, 2.05) is 0 Å². The van der Waals surface area contributed by atoms with Crippen molar-refractivity contribution >= 4 is 13.7 Å². The topological polar surface area (TPSA) is 151 Å². The lowest BCUT2D eigenvalue weighted by atomic mass is 10.0. The van der Waals surface area contributed by atoms with Crippen LogP contribution in [-0.2, 0) is 18.4 Å². The Kier molecular flexibility index (Phi) is 33.7. The summed E-state index contributed by atoms with van der Waals surface area (Å²) in [7, 11) is -4.41. The molecule has 0 aromatic carbocycles. The van der Waals surface area contributed by atoms with Crippen LogP contribution in [0.2, 0.25) is 0 Å². The number of nitrogens with two attached hydrogens (primary N) is 1. The number of nitrogens with one attached hydrogen (secondary N) is 1. The van der Waals surface area contributed by atoms with Crippen molar-refractivity contribution in [3.63, 3.8) is 0 Å². The lowest BCUT2D eigenvalue weighted by molar-refractivity contribution is -0.124. The molecule has 9 nitrogen and oxygen atoms in total. The Morgan fingerprint density at radius 2 is 1.20 bits per heavy atom. The van der Waals surface area contributed by atoms with Gasteiger partial charge in [0.1, 0.15) is 0 Å². The van der Waals surface area contributed by atoms with Crippen molar-refractivity contribution in [3.8, 4) is 0 Å². The van der Waals surface area contributed by atoms with Gasteiger partial charge in [0.25, 0.3) is 0 Å². The van der Waals surface area contributed by atoms with Crippen LogP contribution in [0.15, 0.2) is 48.6 Å². The first-order valence-corrected chi connectivity index (χ1v) is 20.8. The van der Waals surface area contributed by atoms with E-state index in [4.69, 9.17) is 14.8 Å². The average Bonchev–Trinajstić information content (AvgIpc) is 3.07. The van der Waals surface area contributed by atoms with Crippen LogP contribution < -0.4 is 11.1 Å². The molecule has 1 amide bonds.